The molecule has 1 amide bonds. The van der Waals surface area contributed by atoms with Gasteiger partial charge in [-0.05, 0) is 48.7 Å². The van der Waals surface area contributed by atoms with Gasteiger partial charge in [-0.25, -0.2) is 4.98 Å². The van der Waals surface area contributed by atoms with Crippen molar-refractivity contribution in [3.8, 4) is 5.75 Å². The van der Waals surface area contributed by atoms with E-state index in [0.717, 1.165) is 25.2 Å². The largest absolute Gasteiger partial charge is 0.495 e. The van der Waals surface area contributed by atoms with Gasteiger partial charge in [0.25, 0.3) is 5.91 Å². The summed E-state index contributed by atoms with van der Waals surface area (Å²) >= 11 is 6.00. The zero-order chi connectivity index (χ0) is 19.8. The van der Waals surface area contributed by atoms with Gasteiger partial charge in [-0.15, -0.1) is 0 Å². The van der Waals surface area contributed by atoms with Crippen LogP contribution in [0.2, 0.25) is 5.02 Å². The quantitative estimate of drug-likeness (QED) is 0.524. The minimum atomic E-state index is -0.274. The summed E-state index contributed by atoms with van der Waals surface area (Å²) in [5.41, 5.74) is 2.29. The molecule has 0 saturated heterocycles. The lowest BCUT2D eigenvalue weighted by molar-refractivity contribution is 0.102. The zero-order valence-electron chi connectivity index (χ0n) is 15.6. The first kappa shape index (κ1) is 19.7. The summed E-state index contributed by atoms with van der Waals surface area (Å²) in [6.45, 7) is 0.813. The molecule has 6 heteroatoms. The summed E-state index contributed by atoms with van der Waals surface area (Å²) in [7, 11) is 1.54. The number of aromatic nitrogens is 1. The van der Waals surface area contributed by atoms with Gasteiger partial charge in [-0.3, -0.25) is 4.79 Å². The summed E-state index contributed by atoms with van der Waals surface area (Å²) in [6.07, 6.45) is 3.56. The number of ether oxygens (including phenoxy) is 1. The van der Waals surface area contributed by atoms with Crippen LogP contribution in [0.1, 0.15) is 22.3 Å². The summed E-state index contributed by atoms with van der Waals surface area (Å²) in [5.74, 6) is 1.01. The van der Waals surface area contributed by atoms with E-state index < -0.39 is 0 Å². The summed E-state index contributed by atoms with van der Waals surface area (Å²) < 4.78 is 5.24. The SMILES string of the molecule is COc1ccc(Cl)cc1NC(=O)c1ccc(NCCCc2ccccc2)nc1. The third kappa shape index (κ3) is 5.47. The molecule has 0 aliphatic carbocycles. The van der Waals surface area contributed by atoms with Gasteiger partial charge >= 0.3 is 0 Å². The fourth-order valence-corrected chi connectivity index (χ4v) is 2.93. The third-order valence-corrected chi connectivity index (χ3v) is 4.46. The van der Waals surface area contributed by atoms with E-state index in [1.165, 1.54) is 5.56 Å². The van der Waals surface area contributed by atoms with Crippen LogP contribution in [0.4, 0.5) is 11.5 Å². The van der Waals surface area contributed by atoms with Crippen molar-refractivity contribution < 1.29 is 9.53 Å². The van der Waals surface area contributed by atoms with E-state index in [2.05, 4.69) is 27.8 Å². The lowest BCUT2D eigenvalue weighted by Crippen LogP contribution is -2.13. The van der Waals surface area contributed by atoms with Gasteiger partial charge in [0.05, 0.1) is 18.4 Å². The minimum Gasteiger partial charge on any atom is -0.495 e. The number of hydrogen-bond donors (Lipinski definition) is 2. The topological polar surface area (TPSA) is 63.2 Å². The molecule has 1 heterocycles. The maximum absolute atomic E-state index is 12.5. The van der Waals surface area contributed by atoms with Crippen LogP contribution < -0.4 is 15.4 Å². The van der Waals surface area contributed by atoms with Crippen LogP contribution in [-0.2, 0) is 6.42 Å². The molecular weight excluding hydrogens is 374 g/mol. The van der Waals surface area contributed by atoms with Crippen molar-refractivity contribution in [2.45, 2.75) is 12.8 Å². The molecule has 3 aromatic rings. The van der Waals surface area contributed by atoms with Crippen molar-refractivity contribution in [1.29, 1.82) is 0 Å². The number of benzene rings is 2. The van der Waals surface area contributed by atoms with Crippen LogP contribution in [-0.4, -0.2) is 24.5 Å². The summed E-state index contributed by atoms with van der Waals surface area (Å²) in [4.78, 5) is 16.8. The molecule has 5 nitrogen and oxygen atoms in total. The molecule has 0 spiro atoms. The summed E-state index contributed by atoms with van der Waals surface area (Å²) in [6, 6.07) is 19.0. The molecule has 0 radical (unpaired) electrons. The van der Waals surface area contributed by atoms with Crippen molar-refractivity contribution >= 4 is 29.0 Å². The molecule has 2 aromatic carbocycles. The second kappa shape index (κ2) is 9.76. The maximum Gasteiger partial charge on any atom is 0.257 e. The molecule has 0 unspecified atom stereocenters. The van der Waals surface area contributed by atoms with Crippen LogP contribution in [0.3, 0.4) is 0 Å². The Balaban J connectivity index is 1.52. The number of carbonyl (C=O) groups excluding carboxylic acids is 1. The molecule has 3 rings (SSSR count). The minimum absolute atomic E-state index is 0.274. The van der Waals surface area contributed by atoms with E-state index in [0.29, 0.717) is 22.0 Å². The van der Waals surface area contributed by atoms with E-state index in [1.807, 2.05) is 18.2 Å². The molecule has 0 fully saturated rings. The predicted molar refractivity (Wildman–Crippen MR) is 113 cm³/mol. The van der Waals surface area contributed by atoms with E-state index in [1.54, 1.807) is 43.6 Å². The Morgan fingerprint density at radius 1 is 1.11 bits per heavy atom. The summed E-state index contributed by atoms with van der Waals surface area (Å²) in [5, 5.41) is 6.59. The number of hydrogen-bond acceptors (Lipinski definition) is 4. The van der Waals surface area contributed by atoms with Crippen molar-refractivity contribution in [1.82, 2.24) is 4.98 Å². The fraction of sp³-hybridized carbons (Fsp3) is 0.182. The van der Waals surface area contributed by atoms with Gasteiger partial charge in [0.1, 0.15) is 11.6 Å². The number of amides is 1. The molecule has 0 atom stereocenters. The van der Waals surface area contributed by atoms with Crippen molar-refractivity contribution in [3.63, 3.8) is 0 Å². The highest BCUT2D eigenvalue weighted by Crippen LogP contribution is 2.28. The van der Waals surface area contributed by atoms with Crippen LogP contribution >= 0.6 is 11.6 Å². The Bertz CT molecular complexity index is 915. The van der Waals surface area contributed by atoms with Crippen molar-refractivity contribution in [2.24, 2.45) is 0 Å². The Morgan fingerprint density at radius 2 is 1.93 bits per heavy atom. The third-order valence-electron chi connectivity index (χ3n) is 4.23. The van der Waals surface area contributed by atoms with Gasteiger partial charge in [0.15, 0.2) is 0 Å². The Hall–Kier alpha value is -3.05. The Labute approximate surface area is 169 Å². The highest BCUT2D eigenvalue weighted by Gasteiger charge is 2.11. The molecule has 1 aromatic heterocycles. The van der Waals surface area contributed by atoms with Gasteiger partial charge < -0.3 is 15.4 Å². The van der Waals surface area contributed by atoms with Gasteiger partial charge in [0, 0.05) is 17.8 Å². The maximum atomic E-state index is 12.5. The van der Waals surface area contributed by atoms with Crippen LogP contribution in [0, 0.1) is 0 Å². The number of carbonyl (C=O) groups is 1. The molecule has 0 bridgehead atoms. The van der Waals surface area contributed by atoms with Crippen LogP contribution in [0.25, 0.3) is 0 Å². The number of aryl methyl sites for hydroxylation is 1. The Kier molecular flexibility index (Phi) is 6.87. The molecule has 0 saturated carbocycles. The molecule has 0 aliphatic rings. The monoisotopic (exact) mass is 395 g/mol. The van der Waals surface area contributed by atoms with Crippen molar-refractivity contribution in [2.75, 3.05) is 24.3 Å². The smallest absolute Gasteiger partial charge is 0.257 e. The molecule has 2 N–H and O–H groups in total. The first-order valence-corrected chi connectivity index (χ1v) is 9.42. The molecule has 28 heavy (non-hydrogen) atoms. The van der Waals surface area contributed by atoms with E-state index in [4.69, 9.17) is 16.3 Å². The number of halogens is 1. The average molecular weight is 396 g/mol. The van der Waals surface area contributed by atoms with E-state index in [-0.39, 0.29) is 5.91 Å². The van der Waals surface area contributed by atoms with Gasteiger partial charge in [-0.1, -0.05) is 41.9 Å². The molecule has 144 valence electrons. The number of rotatable bonds is 8. The number of methoxy groups -OCH3 is 1. The van der Waals surface area contributed by atoms with Crippen LogP contribution in [0.15, 0.2) is 66.9 Å². The standard InChI is InChI=1S/C22H22ClN3O2/c1-28-20-11-10-18(23)14-19(20)26-22(27)17-9-12-21(25-15-17)24-13-5-8-16-6-3-2-4-7-16/h2-4,6-7,9-12,14-15H,5,8,13H2,1H3,(H,24,25)(H,26,27). The molecule has 0 aliphatic heterocycles. The highest BCUT2D eigenvalue weighted by molar-refractivity contribution is 6.31. The van der Waals surface area contributed by atoms with Gasteiger partial charge in [-0.2, -0.15) is 0 Å². The Morgan fingerprint density at radius 3 is 2.64 bits per heavy atom. The van der Waals surface area contributed by atoms with Crippen molar-refractivity contribution in [3.05, 3.63) is 83.0 Å². The second-order valence-electron chi connectivity index (χ2n) is 6.25. The number of pyridine rings is 1. The zero-order valence-corrected chi connectivity index (χ0v) is 16.4. The van der Waals surface area contributed by atoms with E-state index >= 15 is 0 Å². The molecular formula is C22H22ClN3O2. The van der Waals surface area contributed by atoms with Crippen LogP contribution in [0.5, 0.6) is 5.75 Å². The first-order chi connectivity index (χ1) is 13.7. The predicted octanol–water partition coefficient (Wildman–Crippen LogP) is 5.04. The van der Waals surface area contributed by atoms with Gasteiger partial charge in [0.2, 0.25) is 0 Å². The lowest BCUT2D eigenvalue weighted by Gasteiger charge is -2.11. The normalized spacial score (nSPS) is 10.4. The lowest BCUT2D eigenvalue weighted by atomic mass is 10.1. The average Bonchev–Trinajstić information content (AvgIpc) is 2.72. The highest BCUT2D eigenvalue weighted by atomic mass is 35.5. The second-order valence-corrected chi connectivity index (χ2v) is 6.68. The fourth-order valence-electron chi connectivity index (χ4n) is 2.76. The number of nitrogens with zero attached hydrogens (tertiary/aromatic N) is 1. The number of nitrogens with one attached hydrogen (secondary N) is 2. The first-order valence-electron chi connectivity index (χ1n) is 9.04. The van der Waals surface area contributed by atoms with E-state index in [9.17, 15) is 4.79 Å². The number of anilines is 2.